The van der Waals surface area contributed by atoms with Crippen molar-refractivity contribution in [3.63, 3.8) is 0 Å². The van der Waals surface area contributed by atoms with Crippen molar-refractivity contribution in [1.82, 2.24) is 0 Å². The van der Waals surface area contributed by atoms with Gasteiger partial charge in [0, 0.05) is 10.6 Å². The van der Waals surface area contributed by atoms with Crippen molar-refractivity contribution in [3.8, 4) is 0 Å². The normalized spacial score (nSPS) is 10.6. The Hall–Kier alpha value is -1.26. The highest BCUT2D eigenvalue weighted by Gasteiger charge is 2.17. The Morgan fingerprint density at radius 2 is 1.84 bits per heavy atom. The van der Waals surface area contributed by atoms with Crippen LogP contribution in [0.3, 0.4) is 0 Å². The van der Waals surface area contributed by atoms with Crippen LogP contribution in [0.25, 0.3) is 0 Å². The summed E-state index contributed by atoms with van der Waals surface area (Å²) in [4.78, 5) is 12.1. The summed E-state index contributed by atoms with van der Waals surface area (Å²) in [6.45, 7) is 1.79. The Bertz CT molecular complexity index is 671. The molecule has 19 heavy (non-hydrogen) atoms. The van der Waals surface area contributed by atoms with Gasteiger partial charge in [-0.3, -0.25) is 4.79 Å². The minimum atomic E-state index is -0.782. The fourth-order valence-corrected chi connectivity index (χ4v) is 2.08. The lowest BCUT2D eigenvalue weighted by Crippen LogP contribution is -2.05. The first-order chi connectivity index (χ1) is 8.90. The summed E-state index contributed by atoms with van der Waals surface area (Å²) in [5.74, 6) is -2.08. The van der Waals surface area contributed by atoms with Crippen LogP contribution in [-0.2, 0) is 0 Å². The Morgan fingerprint density at radius 3 is 2.47 bits per heavy atom. The van der Waals surface area contributed by atoms with Crippen molar-refractivity contribution < 1.29 is 13.6 Å². The predicted octanol–water partition coefficient (Wildman–Crippen LogP) is 4.92. The number of halogens is 4. The van der Waals surface area contributed by atoms with Crippen molar-refractivity contribution in [3.05, 3.63) is 68.2 Å². The minimum absolute atomic E-state index is 0.0245. The zero-order chi connectivity index (χ0) is 14.2. The zero-order valence-corrected chi connectivity index (χ0v) is 12.1. The lowest BCUT2D eigenvalue weighted by atomic mass is 10.0. The molecular formula is C14H8BrClF2O. The quantitative estimate of drug-likeness (QED) is 0.558. The average molecular weight is 346 g/mol. The summed E-state index contributed by atoms with van der Waals surface area (Å²) >= 11 is 8.77. The van der Waals surface area contributed by atoms with Gasteiger partial charge in [0.2, 0.25) is 0 Å². The van der Waals surface area contributed by atoms with Crippen molar-refractivity contribution in [2.24, 2.45) is 0 Å². The fourth-order valence-electron chi connectivity index (χ4n) is 1.59. The molecule has 0 aliphatic heterocycles. The SMILES string of the molecule is Cc1ccc(C(=O)c2cc(F)c(Br)cc2F)cc1Cl. The molecule has 0 fully saturated rings. The maximum atomic E-state index is 13.7. The van der Waals surface area contributed by atoms with Crippen molar-refractivity contribution >= 4 is 33.3 Å². The van der Waals surface area contributed by atoms with Crippen LogP contribution in [-0.4, -0.2) is 5.78 Å². The summed E-state index contributed by atoms with van der Waals surface area (Å²) < 4.78 is 27.1. The van der Waals surface area contributed by atoms with Crippen LogP contribution in [0.5, 0.6) is 0 Å². The van der Waals surface area contributed by atoms with Crippen LogP contribution in [0, 0.1) is 18.6 Å². The highest BCUT2D eigenvalue weighted by molar-refractivity contribution is 9.10. The van der Waals surface area contributed by atoms with Crippen LogP contribution in [0.2, 0.25) is 5.02 Å². The first-order valence-corrected chi connectivity index (χ1v) is 6.52. The summed E-state index contributed by atoms with van der Waals surface area (Å²) in [6, 6.07) is 6.43. The van der Waals surface area contributed by atoms with Gasteiger partial charge in [-0.1, -0.05) is 23.7 Å². The monoisotopic (exact) mass is 344 g/mol. The number of benzene rings is 2. The van der Waals surface area contributed by atoms with E-state index in [0.717, 1.165) is 17.7 Å². The number of rotatable bonds is 2. The van der Waals surface area contributed by atoms with Crippen molar-refractivity contribution in [2.75, 3.05) is 0 Å². The molecular weight excluding hydrogens is 338 g/mol. The molecule has 98 valence electrons. The predicted molar refractivity (Wildman–Crippen MR) is 73.7 cm³/mol. The van der Waals surface area contributed by atoms with Gasteiger partial charge < -0.3 is 0 Å². The number of hydrogen-bond acceptors (Lipinski definition) is 1. The van der Waals surface area contributed by atoms with Crippen LogP contribution in [0.4, 0.5) is 8.78 Å². The standard InChI is InChI=1S/C14H8BrClF2O/c1-7-2-3-8(4-11(7)16)14(19)9-5-13(18)10(15)6-12(9)17/h2-6H,1H3. The van der Waals surface area contributed by atoms with Gasteiger partial charge in [0.05, 0.1) is 10.0 Å². The highest BCUT2D eigenvalue weighted by Crippen LogP contribution is 2.24. The van der Waals surface area contributed by atoms with Gasteiger partial charge in [0.15, 0.2) is 5.78 Å². The van der Waals surface area contributed by atoms with E-state index >= 15 is 0 Å². The summed E-state index contributed by atoms with van der Waals surface area (Å²) in [6.07, 6.45) is 0. The highest BCUT2D eigenvalue weighted by atomic mass is 79.9. The molecule has 2 aromatic carbocycles. The molecule has 2 rings (SSSR count). The first kappa shape index (κ1) is 14.2. The molecule has 0 spiro atoms. The molecule has 0 aliphatic rings. The Kier molecular flexibility index (Phi) is 4.02. The number of ketones is 1. The van der Waals surface area contributed by atoms with E-state index < -0.39 is 17.4 Å². The third-order valence-electron chi connectivity index (χ3n) is 2.69. The summed E-state index contributed by atoms with van der Waals surface area (Å²) in [5, 5.41) is 0.406. The molecule has 0 atom stereocenters. The van der Waals surface area contributed by atoms with Gasteiger partial charge in [-0.05, 0) is 46.6 Å². The maximum absolute atomic E-state index is 13.7. The third kappa shape index (κ3) is 2.85. The van der Waals surface area contributed by atoms with Crippen molar-refractivity contribution in [2.45, 2.75) is 6.92 Å². The lowest BCUT2D eigenvalue weighted by Gasteiger charge is -2.06. The molecule has 0 bridgehead atoms. The largest absolute Gasteiger partial charge is 0.288 e. The van der Waals surface area contributed by atoms with Gasteiger partial charge in [-0.15, -0.1) is 0 Å². The molecule has 5 heteroatoms. The summed E-state index contributed by atoms with van der Waals surface area (Å²) in [5.41, 5.74) is 0.706. The second kappa shape index (κ2) is 5.39. The Balaban J connectivity index is 2.49. The molecule has 0 radical (unpaired) electrons. The van der Waals surface area contributed by atoms with Crippen molar-refractivity contribution in [1.29, 1.82) is 0 Å². The smallest absolute Gasteiger partial charge is 0.196 e. The van der Waals surface area contributed by atoms with Crippen LogP contribution in [0.1, 0.15) is 21.5 Å². The second-order valence-electron chi connectivity index (χ2n) is 4.04. The molecule has 1 nitrogen and oxygen atoms in total. The van der Waals surface area contributed by atoms with E-state index in [4.69, 9.17) is 11.6 Å². The number of hydrogen-bond donors (Lipinski definition) is 0. The fraction of sp³-hybridized carbons (Fsp3) is 0.0714. The maximum Gasteiger partial charge on any atom is 0.196 e. The average Bonchev–Trinajstić information content (AvgIpc) is 2.36. The molecule has 0 saturated heterocycles. The van der Waals surface area contributed by atoms with E-state index in [9.17, 15) is 13.6 Å². The van der Waals surface area contributed by atoms with Gasteiger partial charge in [-0.25, -0.2) is 8.78 Å². The van der Waals surface area contributed by atoms with Crippen LogP contribution in [0.15, 0.2) is 34.8 Å². The van der Waals surface area contributed by atoms with E-state index in [2.05, 4.69) is 15.9 Å². The topological polar surface area (TPSA) is 17.1 Å². The van der Waals surface area contributed by atoms with E-state index in [1.165, 1.54) is 12.1 Å². The molecule has 0 saturated carbocycles. The minimum Gasteiger partial charge on any atom is -0.288 e. The lowest BCUT2D eigenvalue weighted by molar-refractivity contribution is 0.103. The first-order valence-electron chi connectivity index (χ1n) is 5.35. The number of carbonyl (C=O) groups is 1. The van der Waals surface area contributed by atoms with Gasteiger partial charge in [-0.2, -0.15) is 0 Å². The molecule has 0 aliphatic carbocycles. The van der Waals surface area contributed by atoms with Gasteiger partial charge in [0.1, 0.15) is 11.6 Å². The van der Waals surface area contributed by atoms with Crippen LogP contribution < -0.4 is 0 Å². The molecule has 0 heterocycles. The van der Waals surface area contributed by atoms with E-state index in [1.54, 1.807) is 13.0 Å². The third-order valence-corrected chi connectivity index (χ3v) is 3.70. The zero-order valence-electron chi connectivity index (χ0n) is 9.81. The van der Waals surface area contributed by atoms with Gasteiger partial charge in [0.25, 0.3) is 0 Å². The molecule has 0 aromatic heterocycles. The molecule has 0 N–H and O–H groups in total. The van der Waals surface area contributed by atoms with E-state index in [0.29, 0.717) is 5.02 Å². The number of carbonyl (C=O) groups excluding carboxylic acids is 1. The Morgan fingerprint density at radius 1 is 1.16 bits per heavy atom. The molecule has 0 amide bonds. The second-order valence-corrected chi connectivity index (χ2v) is 5.30. The van der Waals surface area contributed by atoms with Gasteiger partial charge >= 0.3 is 0 Å². The Labute approximate surface area is 122 Å². The van der Waals surface area contributed by atoms with E-state index in [-0.39, 0.29) is 15.6 Å². The number of aryl methyl sites for hydroxylation is 1. The van der Waals surface area contributed by atoms with Crippen LogP contribution >= 0.6 is 27.5 Å². The molecule has 0 unspecified atom stereocenters. The van der Waals surface area contributed by atoms with E-state index in [1.807, 2.05) is 0 Å². The summed E-state index contributed by atoms with van der Waals surface area (Å²) in [7, 11) is 0. The molecule has 2 aromatic rings.